The molecule has 1 aliphatic rings. The predicted octanol–water partition coefficient (Wildman–Crippen LogP) is 4.68. The molecule has 150 valence electrons. The number of primary amides is 1. The molecule has 0 spiro atoms. The summed E-state index contributed by atoms with van der Waals surface area (Å²) in [7, 11) is 0. The minimum atomic E-state index is -0.386. The fourth-order valence-electron chi connectivity index (χ4n) is 4.05. The summed E-state index contributed by atoms with van der Waals surface area (Å²) in [5.74, 6) is 1.15. The van der Waals surface area contributed by atoms with Gasteiger partial charge in [0.1, 0.15) is 0 Å². The lowest BCUT2D eigenvalue weighted by atomic mass is 9.97. The first-order valence-corrected chi connectivity index (χ1v) is 10.1. The third kappa shape index (κ3) is 3.60. The Morgan fingerprint density at radius 1 is 1.10 bits per heavy atom. The van der Waals surface area contributed by atoms with Crippen molar-refractivity contribution in [3.63, 3.8) is 0 Å². The first-order valence-electron chi connectivity index (χ1n) is 10.1. The average Bonchev–Trinajstić information content (AvgIpc) is 3.29. The molecule has 1 aliphatic heterocycles. The van der Waals surface area contributed by atoms with Gasteiger partial charge in [-0.2, -0.15) is 0 Å². The van der Waals surface area contributed by atoms with Gasteiger partial charge in [0.05, 0.1) is 5.56 Å². The van der Waals surface area contributed by atoms with E-state index in [-0.39, 0.29) is 12.7 Å². The van der Waals surface area contributed by atoms with Gasteiger partial charge in [-0.3, -0.25) is 4.79 Å². The van der Waals surface area contributed by atoms with Gasteiger partial charge in [0.25, 0.3) is 5.91 Å². The fraction of sp³-hybridized carbons (Fsp3) is 0.292. The molecular formula is C24H26N2O3. The van der Waals surface area contributed by atoms with Crippen LogP contribution in [0.2, 0.25) is 0 Å². The smallest absolute Gasteiger partial charge is 0.251 e. The van der Waals surface area contributed by atoms with Crippen LogP contribution in [0.15, 0.2) is 48.5 Å². The molecule has 2 heterocycles. The van der Waals surface area contributed by atoms with Crippen LogP contribution in [0, 0.1) is 6.92 Å². The quantitative estimate of drug-likeness (QED) is 0.637. The van der Waals surface area contributed by atoms with Crippen LogP contribution in [-0.4, -0.2) is 17.3 Å². The Hall–Kier alpha value is -3.21. The number of amides is 1. The second kappa shape index (κ2) is 8.03. The maximum atomic E-state index is 12.4. The van der Waals surface area contributed by atoms with Crippen molar-refractivity contribution in [2.45, 2.75) is 39.7 Å². The van der Waals surface area contributed by atoms with Crippen molar-refractivity contribution in [3.05, 3.63) is 71.0 Å². The highest BCUT2D eigenvalue weighted by molar-refractivity contribution is 6.02. The summed E-state index contributed by atoms with van der Waals surface area (Å²) >= 11 is 0. The lowest BCUT2D eigenvalue weighted by Gasteiger charge is -2.14. The molecule has 2 aromatic carbocycles. The van der Waals surface area contributed by atoms with Crippen LogP contribution in [0.5, 0.6) is 11.5 Å². The molecule has 0 aliphatic carbocycles. The van der Waals surface area contributed by atoms with E-state index in [2.05, 4.69) is 11.5 Å². The number of nitrogens with zero attached hydrogens (tertiary/aromatic N) is 1. The van der Waals surface area contributed by atoms with Gasteiger partial charge in [-0.1, -0.05) is 49.7 Å². The number of carbonyl (C=O) groups is 1. The van der Waals surface area contributed by atoms with Crippen LogP contribution in [0.1, 0.15) is 47.1 Å². The first-order chi connectivity index (χ1) is 14.1. The van der Waals surface area contributed by atoms with E-state index in [1.54, 1.807) is 0 Å². The van der Waals surface area contributed by atoms with E-state index in [4.69, 9.17) is 15.2 Å². The van der Waals surface area contributed by atoms with Gasteiger partial charge in [-0.05, 0) is 43.0 Å². The second-order valence-electron chi connectivity index (χ2n) is 7.39. The summed E-state index contributed by atoms with van der Waals surface area (Å²) in [5.41, 5.74) is 11.6. The topological polar surface area (TPSA) is 66.5 Å². The Balaban J connectivity index is 1.85. The van der Waals surface area contributed by atoms with E-state index in [1.165, 1.54) is 0 Å². The molecule has 0 bridgehead atoms. The number of nitrogens with two attached hydrogens (primary N) is 1. The molecule has 2 N–H and O–H groups in total. The Morgan fingerprint density at radius 3 is 2.59 bits per heavy atom. The molecule has 0 saturated heterocycles. The monoisotopic (exact) mass is 390 g/mol. The molecule has 1 aromatic heterocycles. The summed E-state index contributed by atoms with van der Waals surface area (Å²) in [6.45, 7) is 5.06. The van der Waals surface area contributed by atoms with Crippen LogP contribution in [-0.2, 0) is 13.0 Å². The highest BCUT2D eigenvalue weighted by atomic mass is 16.7. The van der Waals surface area contributed by atoms with Crippen molar-refractivity contribution in [1.29, 1.82) is 0 Å². The normalized spacial score (nSPS) is 12.3. The number of hydrogen-bond donors (Lipinski definition) is 1. The molecule has 29 heavy (non-hydrogen) atoms. The second-order valence-corrected chi connectivity index (χ2v) is 7.39. The number of benzene rings is 2. The molecule has 0 atom stereocenters. The third-order valence-electron chi connectivity index (χ3n) is 5.48. The van der Waals surface area contributed by atoms with Crippen molar-refractivity contribution < 1.29 is 14.3 Å². The van der Waals surface area contributed by atoms with Crippen molar-refractivity contribution in [2.24, 2.45) is 5.73 Å². The van der Waals surface area contributed by atoms with E-state index in [9.17, 15) is 4.79 Å². The largest absolute Gasteiger partial charge is 0.454 e. The van der Waals surface area contributed by atoms with Gasteiger partial charge < -0.3 is 19.8 Å². The molecule has 1 amide bonds. The number of aromatic nitrogens is 1. The SMILES string of the molecule is CCCCc1c(-c2ccccc2)c(C(N)=O)c(C)n1Cc1ccc2c(c1)OCO2. The van der Waals surface area contributed by atoms with Gasteiger partial charge in [0.2, 0.25) is 6.79 Å². The molecule has 0 unspecified atom stereocenters. The van der Waals surface area contributed by atoms with Gasteiger partial charge in [0, 0.05) is 23.5 Å². The summed E-state index contributed by atoms with van der Waals surface area (Å²) < 4.78 is 13.2. The average molecular weight is 390 g/mol. The molecule has 3 aromatic rings. The fourth-order valence-corrected chi connectivity index (χ4v) is 4.05. The Morgan fingerprint density at radius 2 is 1.86 bits per heavy atom. The van der Waals surface area contributed by atoms with Gasteiger partial charge >= 0.3 is 0 Å². The number of carbonyl (C=O) groups excluding carboxylic acids is 1. The summed E-state index contributed by atoms with van der Waals surface area (Å²) in [5, 5.41) is 0. The third-order valence-corrected chi connectivity index (χ3v) is 5.48. The lowest BCUT2D eigenvalue weighted by molar-refractivity contribution is 0.1000. The lowest BCUT2D eigenvalue weighted by Crippen LogP contribution is -2.13. The van der Waals surface area contributed by atoms with E-state index < -0.39 is 0 Å². The molecule has 4 rings (SSSR count). The van der Waals surface area contributed by atoms with Crippen molar-refractivity contribution >= 4 is 5.91 Å². The summed E-state index contributed by atoms with van der Waals surface area (Å²) in [6.07, 6.45) is 3.01. The Kier molecular flexibility index (Phi) is 5.30. The predicted molar refractivity (Wildman–Crippen MR) is 113 cm³/mol. The zero-order valence-electron chi connectivity index (χ0n) is 16.9. The summed E-state index contributed by atoms with van der Waals surface area (Å²) in [6, 6.07) is 16.1. The van der Waals surface area contributed by atoms with Crippen LogP contribution in [0.3, 0.4) is 0 Å². The van der Waals surface area contributed by atoms with E-state index >= 15 is 0 Å². The number of rotatable bonds is 7. The van der Waals surface area contributed by atoms with E-state index in [1.807, 2.05) is 55.5 Å². The number of hydrogen-bond acceptors (Lipinski definition) is 3. The van der Waals surface area contributed by atoms with Crippen LogP contribution >= 0.6 is 0 Å². The molecule has 0 fully saturated rings. The minimum absolute atomic E-state index is 0.257. The molecular weight excluding hydrogens is 364 g/mol. The highest BCUT2D eigenvalue weighted by Crippen LogP contribution is 2.36. The Labute approximate surface area is 171 Å². The van der Waals surface area contributed by atoms with Gasteiger partial charge in [-0.15, -0.1) is 0 Å². The van der Waals surface area contributed by atoms with Crippen LogP contribution in [0.25, 0.3) is 11.1 Å². The molecule has 5 heteroatoms. The Bertz CT molecular complexity index is 1040. The zero-order valence-corrected chi connectivity index (χ0v) is 16.9. The minimum Gasteiger partial charge on any atom is -0.454 e. The van der Waals surface area contributed by atoms with Gasteiger partial charge in [-0.25, -0.2) is 0 Å². The molecule has 5 nitrogen and oxygen atoms in total. The van der Waals surface area contributed by atoms with E-state index in [0.29, 0.717) is 12.1 Å². The first kappa shape index (κ1) is 19.1. The highest BCUT2D eigenvalue weighted by Gasteiger charge is 2.25. The van der Waals surface area contributed by atoms with Crippen molar-refractivity contribution in [1.82, 2.24) is 4.57 Å². The number of unbranched alkanes of at least 4 members (excludes halogenated alkanes) is 1. The summed E-state index contributed by atoms with van der Waals surface area (Å²) in [4.78, 5) is 12.4. The number of ether oxygens (including phenoxy) is 2. The maximum Gasteiger partial charge on any atom is 0.251 e. The number of fused-ring (bicyclic) bond motifs is 1. The van der Waals surface area contributed by atoms with Crippen LogP contribution < -0.4 is 15.2 Å². The maximum absolute atomic E-state index is 12.4. The molecule has 0 saturated carbocycles. The van der Waals surface area contributed by atoms with Crippen molar-refractivity contribution in [3.8, 4) is 22.6 Å². The standard InChI is InChI=1S/C24H26N2O3/c1-3-4-10-19-23(18-8-6-5-7-9-18)22(24(25)27)16(2)26(19)14-17-11-12-20-21(13-17)29-15-28-20/h5-9,11-13H,3-4,10,14-15H2,1-2H3,(H2,25,27). The van der Waals surface area contributed by atoms with Crippen molar-refractivity contribution in [2.75, 3.05) is 6.79 Å². The van der Waals surface area contributed by atoms with E-state index in [0.717, 1.165) is 58.8 Å². The van der Waals surface area contributed by atoms with Gasteiger partial charge in [0.15, 0.2) is 11.5 Å². The molecule has 0 radical (unpaired) electrons. The van der Waals surface area contributed by atoms with Crippen LogP contribution in [0.4, 0.5) is 0 Å². The zero-order chi connectivity index (χ0) is 20.4.